The van der Waals surface area contributed by atoms with Crippen LogP contribution >= 0.6 is 0 Å². The third-order valence-corrected chi connectivity index (χ3v) is 5.18. The van der Waals surface area contributed by atoms with E-state index in [9.17, 15) is 4.79 Å². The summed E-state index contributed by atoms with van der Waals surface area (Å²) in [5.41, 5.74) is 0.801. The summed E-state index contributed by atoms with van der Waals surface area (Å²) in [6, 6.07) is 7.42. The van der Waals surface area contributed by atoms with Crippen molar-refractivity contribution in [3.8, 4) is 11.5 Å². The van der Waals surface area contributed by atoms with Crippen LogP contribution in [0.4, 0.5) is 5.82 Å². The van der Waals surface area contributed by atoms with Crippen molar-refractivity contribution in [1.82, 2.24) is 24.6 Å². The van der Waals surface area contributed by atoms with Gasteiger partial charge in [-0.3, -0.25) is 9.48 Å². The molecule has 2 aliphatic rings. The highest BCUT2D eigenvalue weighted by atomic mass is 16.6. The summed E-state index contributed by atoms with van der Waals surface area (Å²) in [5, 5.41) is 5.19. The third kappa shape index (κ3) is 2.79. The first kappa shape index (κ1) is 16.8. The number of hydrogen-bond donors (Lipinski definition) is 0. The van der Waals surface area contributed by atoms with E-state index in [1.54, 1.807) is 17.2 Å². The van der Waals surface area contributed by atoms with Gasteiger partial charge in [-0.05, 0) is 12.1 Å². The minimum absolute atomic E-state index is 0.0386. The van der Waals surface area contributed by atoms with Gasteiger partial charge in [0.05, 0.1) is 11.6 Å². The monoisotopic (exact) mass is 380 g/mol. The van der Waals surface area contributed by atoms with Gasteiger partial charge in [-0.15, -0.1) is 0 Å². The van der Waals surface area contributed by atoms with E-state index in [2.05, 4.69) is 20.0 Å². The van der Waals surface area contributed by atoms with Crippen molar-refractivity contribution in [2.24, 2.45) is 7.05 Å². The maximum atomic E-state index is 12.9. The summed E-state index contributed by atoms with van der Waals surface area (Å²) in [6.45, 7) is 2.82. The number of fused-ring (bicyclic) bond motifs is 2. The van der Waals surface area contributed by atoms with Crippen molar-refractivity contribution in [3.63, 3.8) is 0 Å². The molecule has 0 saturated carbocycles. The Morgan fingerprint density at radius 3 is 2.71 bits per heavy atom. The first-order valence-electron chi connectivity index (χ1n) is 9.25. The van der Waals surface area contributed by atoms with E-state index in [0.717, 1.165) is 16.9 Å². The van der Waals surface area contributed by atoms with Crippen LogP contribution in [0.2, 0.25) is 0 Å². The fourth-order valence-corrected chi connectivity index (χ4v) is 3.69. The lowest BCUT2D eigenvalue weighted by Gasteiger charge is -2.37. The molecule has 1 aromatic carbocycles. The van der Waals surface area contributed by atoms with Crippen molar-refractivity contribution in [2.75, 3.05) is 37.7 Å². The first-order chi connectivity index (χ1) is 13.7. The number of ether oxygens (including phenoxy) is 2. The second kappa shape index (κ2) is 6.66. The lowest BCUT2D eigenvalue weighted by Crippen LogP contribution is -2.54. The molecule has 1 saturated heterocycles. The molecule has 3 aromatic rings. The molecule has 2 aromatic heterocycles. The molecule has 2 aliphatic heterocycles. The van der Waals surface area contributed by atoms with Crippen LogP contribution in [0.25, 0.3) is 11.0 Å². The van der Waals surface area contributed by atoms with E-state index < -0.39 is 6.10 Å². The number of piperazine rings is 1. The lowest BCUT2D eigenvalue weighted by atomic mass is 10.2. The van der Waals surface area contributed by atoms with Crippen LogP contribution in [0, 0.1) is 0 Å². The number of anilines is 1. The SMILES string of the molecule is Cn1ncc2c(N3CCN(C(=O)[C@@H]4COc5ccccc5O4)CC3)ncnc21. The number of benzene rings is 1. The van der Waals surface area contributed by atoms with Crippen LogP contribution < -0.4 is 14.4 Å². The molecule has 0 bridgehead atoms. The summed E-state index contributed by atoms with van der Waals surface area (Å²) < 4.78 is 13.3. The highest BCUT2D eigenvalue weighted by molar-refractivity contribution is 5.87. The average Bonchev–Trinajstić information content (AvgIpc) is 3.14. The van der Waals surface area contributed by atoms with Gasteiger partial charge in [0.25, 0.3) is 5.91 Å². The molecule has 1 amide bonds. The molecule has 0 spiro atoms. The van der Waals surface area contributed by atoms with Crippen LogP contribution in [0.15, 0.2) is 36.8 Å². The number of para-hydroxylation sites is 2. The van der Waals surface area contributed by atoms with Crippen molar-refractivity contribution in [2.45, 2.75) is 6.10 Å². The van der Waals surface area contributed by atoms with E-state index in [-0.39, 0.29) is 12.5 Å². The maximum Gasteiger partial charge on any atom is 0.267 e. The van der Waals surface area contributed by atoms with Crippen molar-refractivity contribution in [1.29, 1.82) is 0 Å². The fourth-order valence-electron chi connectivity index (χ4n) is 3.69. The highest BCUT2D eigenvalue weighted by Crippen LogP contribution is 2.31. The number of aryl methyl sites for hydroxylation is 1. The first-order valence-corrected chi connectivity index (χ1v) is 9.25. The van der Waals surface area contributed by atoms with Gasteiger partial charge < -0.3 is 19.3 Å². The molecule has 0 N–H and O–H groups in total. The molecule has 0 radical (unpaired) electrons. The van der Waals surface area contributed by atoms with Crippen LogP contribution in [0.5, 0.6) is 11.5 Å². The zero-order valence-corrected chi connectivity index (χ0v) is 15.5. The van der Waals surface area contributed by atoms with Crippen molar-refractivity contribution in [3.05, 3.63) is 36.8 Å². The van der Waals surface area contributed by atoms with Crippen LogP contribution in [-0.4, -0.2) is 69.4 Å². The van der Waals surface area contributed by atoms with E-state index in [1.807, 2.05) is 36.2 Å². The zero-order chi connectivity index (χ0) is 19.1. The lowest BCUT2D eigenvalue weighted by molar-refractivity contribution is -0.141. The quantitative estimate of drug-likeness (QED) is 0.652. The second-order valence-electron chi connectivity index (χ2n) is 6.88. The predicted octanol–water partition coefficient (Wildman–Crippen LogP) is 0.852. The van der Waals surface area contributed by atoms with Gasteiger partial charge in [0.2, 0.25) is 6.10 Å². The standard InChI is InChI=1S/C19H20N6O3/c1-23-17-13(10-22-23)18(21-12-20-17)24-6-8-25(9-7-24)19(26)16-11-27-14-4-2-3-5-15(14)28-16/h2-5,10,12,16H,6-9,11H2,1H3/t16-/m0/s1. The van der Waals surface area contributed by atoms with Crippen molar-refractivity contribution < 1.29 is 14.3 Å². The largest absolute Gasteiger partial charge is 0.485 e. The van der Waals surface area contributed by atoms with Crippen LogP contribution in [0.3, 0.4) is 0 Å². The average molecular weight is 380 g/mol. The molecular weight excluding hydrogens is 360 g/mol. The number of nitrogens with zero attached hydrogens (tertiary/aromatic N) is 6. The van der Waals surface area contributed by atoms with Gasteiger partial charge in [-0.25, -0.2) is 9.97 Å². The van der Waals surface area contributed by atoms with Crippen LogP contribution in [0.1, 0.15) is 0 Å². The van der Waals surface area contributed by atoms with Gasteiger partial charge in [-0.1, -0.05) is 12.1 Å². The van der Waals surface area contributed by atoms with Gasteiger partial charge in [-0.2, -0.15) is 5.10 Å². The van der Waals surface area contributed by atoms with Gasteiger partial charge in [0.1, 0.15) is 18.8 Å². The van der Waals surface area contributed by atoms with E-state index in [0.29, 0.717) is 37.7 Å². The van der Waals surface area contributed by atoms with Crippen LogP contribution in [-0.2, 0) is 11.8 Å². The third-order valence-electron chi connectivity index (χ3n) is 5.18. The maximum absolute atomic E-state index is 12.9. The summed E-state index contributed by atoms with van der Waals surface area (Å²) in [4.78, 5) is 25.6. The summed E-state index contributed by atoms with van der Waals surface area (Å²) in [5.74, 6) is 2.12. The molecule has 144 valence electrons. The molecular formula is C19H20N6O3. The number of aromatic nitrogens is 4. The van der Waals surface area contributed by atoms with E-state index >= 15 is 0 Å². The van der Waals surface area contributed by atoms with Gasteiger partial charge in [0.15, 0.2) is 17.1 Å². The Hall–Kier alpha value is -3.36. The van der Waals surface area contributed by atoms with E-state index in [4.69, 9.17) is 9.47 Å². The summed E-state index contributed by atoms with van der Waals surface area (Å²) in [7, 11) is 1.86. The molecule has 0 aliphatic carbocycles. The number of carbonyl (C=O) groups is 1. The molecule has 4 heterocycles. The zero-order valence-electron chi connectivity index (χ0n) is 15.5. The molecule has 1 atom stereocenters. The Bertz CT molecular complexity index is 1030. The number of amides is 1. The van der Waals surface area contributed by atoms with Gasteiger partial charge >= 0.3 is 0 Å². The highest BCUT2D eigenvalue weighted by Gasteiger charge is 2.33. The predicted molar refractivity (Wildman–Crippen MR) is 101 cm³/mol. The summed E-state index contributed by atoms with van der Waals surface area (Å²) in [6.07, 6.45) is 2.74. The van der Waals surface area contributed by atoms with E-state index in [1.165, 1.54) is 0 Å². The molecule has 5 rings (SSSR count). The molecule has 9 nitrogen and oxygen atoms in total. The number of carbonyl (C=O) groups excluding carboxylic acids is 1. The minimum atomic E-state index is -0.606. The normalized spacial score (nSPS) is 19.1. The molecule has 0 unspecified atom stereocenters. The molecule has 28 heavy (non-hydrogen) atoms. The smallest absolute Gasteiger partial charge is 0.267 e. The fraction of sp³-hybridized carbons (Fsp3) is 0.368. The Morgan fingerprint density at radius 2 is 1.89 bits per heavy atom. The Labute approximate surface area is 161 Å². The number of hydrogen-bond acceptors (Lipinski definition) is 7. The van der Waals surface area contributed by atoms with Gasteiger partial charge in [0, 0.05) is 33.2 Å². The number of rotatable bonds is 2. The van der Waals surface area contributed by atoms with Crippen molar-refractivity contribution >= 4 is 22.8 Å². The minimum Gasteiger partial charge on any atom is -0.485 e. The Kier molecular flexibility index (Phi) is 4.00. The Balaban J connectivity index is 1.26. The molecule has 9 heteroatoms. The Morgan fingerprint density at radius 1 is 1.11 bits per heavy atom. The topological polar surface area (TPSA) is 85.6 Å². The molecule has 1 fully saturated rings. The second-order valence-corrected chi connectivity index (χ2v) is 6.88. The summed E-state index contributed by atoms with van der Waals surface area (Å²) >= 11 is 0.